The SMILES string of the molecule is Cc1ccc(NC(=O)COc2c(Br)cc(Br)cc2/C=C(\C#N)C(=O)Nc2cccc(C)c2)cc1. The van der Waals surface area contributed by atoms with Crippen LogP contribution in [0.5, 0.6) is 5.75 Å². The highest BCUT2D eigenvalue weighted by Crippen LogP contribution is 2.34. The Bertz CT molecular complexity index is 1300. The zero-order valence-electron chi connectivity index (χ0n) is 18.5. The van der Waals surface area contributed by atoms with Crippen molar-refractivity contribution in [3.05, 3.63) is 91.9 Å². The topological polar surface area (TPSA) is 91.2 Å². The standard InChI is InChI=1S/C26H21Br2N3O3/c1-16-6-8-21(9-7-16)30-24(32)15-34-25-18(12-20(27)13-23(25)28)11-19(14-29)26(33)31-22-5-3-4-17(2)10-22/h3-13H,15H2,1-2H3,(H,30,32)(H,31,33)/b19-11+. The molecule has 0 aliphatic rings. The van der Waals surface area contributed by atoms with Crippen LogP contribution < -0.4 is 15.4 Å². The van der Waals surface area contributed by atoms with Gasteiger partial charge in [-0.25, -0.2) is 0 Å². The molecule has 2 N–H and O–H groups in total. The van der Waals surface area contributed by atoms with E-state index < -0.39 is 5.91 Å². The molecule has 0 aliphatic heterocycles. The number of ether oxygens (including phenoxy) is 1. The highest BCUT2D eigenvalue weighted by Gasteiger charge is 2.15. The summed E-state index contributed by atoms with van der Waals surface area (Å²) in [5.74, 6) is -0.558. The van der Waals surface area contributed by atoms with Crippen LogP contribution in [0.25, 0.3) is 6.08 Å². The van der Waals surface area contributed by atoms with Crippen molar-refractivity contribution in [3.63, 3.8) is 0 Å². The van der Waals surface area contributed by atoms with E-state index in [1.807, 2.05) is 62.4 Å². The van der Waals surface area contributed by atoms with Crippen molar-refractivity contribution in [1.29, 1.82) is 5.26 Å². The maximum absolute atomic E-state index is 12.7. The monoisotopic (exact) mass is 581 g/mol. The minimum Gasteiger partial charge on any atom is -0.482 e. The molecule has 172 valence electrons. The number of hydrogen-bond donors (Lipinski definition) is 2. The first kappa shape index (κ1) is 25.2. The minimum atomic E-state index is -0.549. The highest BCUT2D eigenvalue weighted by molar-refractivity contribution is 9.11. The summed E-state index contributed by atoms with van der Waals surface area (Å²) in [6.07, 6.45) is 1.42. The molecule has 6 nitrogen and oxygen atoms in total. The Morgan fingerprint density at radius 2 is 1.71 bits per heavy atom. The van der Waals surface area contributed by atoms with Crippen LogP contribution in [0.1, 0.15) is 16.7 Å². The van der Waals surface area contributed by atoms with Gasteiger partial charge in [0, 0.05) is 21.4 Å². The summed E-state index contributed by atoms with van der Waals surface area (Å²) in [5, 5.41) is 15.1. The maximum atomic E-state index is 12.7. The number of amides is 2. The van der Waals surface area contributed by atoms with Gasteiger partial charge in [0.05, 0.1) is 4.47 Å². The average Bonchev–Trinajstić information content (AvgIpc) is 2.78. The number of anilines is 2. The largest absolute Gasteiger partial charge is 0.482 e. The van der Waals surface area contributed by atoms with Gasteiger partial charge in [0.15, 0.2) is 6.61 Å². The van der Waals surface area contributed by atoms with Gasteiger partial charge < -0.3 is 15.4 Å². The highest BCUT2D eigenvalue weighted by atomic mass is 79.9. The first-order valence-corrected chi connectivity index (χ1v) is 11.8. The molecular formula is C26H21Br2N3O3. The van der Waals surface area contributed by atoms with Crippen LogP contribution in [-0.4, -0.2) is 18.4 Å². The second-order valence-electron chi connectivity index (χ2n) is 7.50. The van der Waals surface area contributed by atoms with E-state index in [-0.39, 0.29) is 18.1 Å². The van der Waals surface area contributed by atoms with Gasteiger partial charge in [-0.1, -0.05) is 45.8 Å². The fourth-order valence-corrected chi connectivity index (χ4v) is 4.41. The number of carbonyl (C=O) groups is 2. The second-order valence-corrected chi connectivity index (χ2v) is 9.27. The minimum absolute atomic E-state index is 0.111. The van der Waals surface area contributed by atoms with Crippen molar-refractivity contribution in [2.45, 2.75) is 13.8 Å². The smallest absolute Gasteiger partial charge is 0.266 e. The number of nitrogens with zero attached hydrogens (tertiary/aromatic N) is 1. The van der Waals surface area contributed by atoms with E-state index >= 15 is 0 Å². The first-order valence-electron chi connectivity index (χ1n) is 10.2. The van der Waals surface area contributed by atoms with Gasteiger partial charge in [-0.05, 0) is 77.8 Å². The summed E-state index contributed by atoms with van der Waals surface area (Å²) in [5.41, 5.74) is 3.67. The molecule has 0 spiro atoms. The molecule has 3 rings (SSSR count). The van der Waals surface area contributed by atoms with Gasteiger partial charge in [-0.15, -0.1) is 0 Å². The molecular weight excluding hydrogens is 562 g/mol. The van der Waals surface area contributed by atoms with Crippen molar-refractivity contribution in [2.75, 3.05) is 17.2 Å². The van der Waals surface area contributed by atoms with Crippen LogP contribution in [-0.2, 0) is 9.59 Å². The average molecular weight is 583 g/mol. The Balaban J connectivity index is 1.79. The van der Waals surface area contributed by atoms with E-state index in [9.17, 15) is 14.9 Å². The third-order valence-electron chi connectivity index (χ3n) is 4.66. The van der Waals surface area contributed by atoms with E-state index in [0.717, 1.165) is 11.1 Å². The number of nitrogens with one attached hydrogen (secondary N) is 2. The summed E-state index contributed by atoms with van der Waals surface area (Å²) in [4.78, 5) is 25.1. The van der Waals surface area contributed by atoms with E-state index in [1.165, 1.54) is 6.08 Å². The number of rotatable bonds is 7. The number of halogens is 2. The van der Waals surface area contributed by atoms with E-state index in [2.05, 4.69) is 42.5 Å². The van der Waals surface area contributed by atoms with Crippen molar-refractivity contribution >= 4 is 61.1 Å². The van der Waals surface area contributed by atoms with Crippen molar-refractivity contribution < 1.29 is 14.3 Å². The quantitative estimate of drug-likeness (QED) is 0.249. The molecule has 0 unspecified atom stereocenters. The predicted octanol–water partition coefficient (Wildman–Crippen LogP) is 6.39. The number of aryl methyl sites for hydroxylation is 2. The summed E-state index contributed by atoms with van der Waals surface area (Å²) in [6, 6.07) is 20.1. The van der Waals surface area contributed by atoms with E-state index in [4.69, 9.17) is 4.74 Å². The molecule has 0 saturated heterocycles. The summed E-state index contributed by atoms with van der Waals surface area (Å²) in [7, 11) is 0. The van der Waals surface area contributed by atoms with Crippen LogP contribution in [0.15, 0.2) is 75.2 Å². The Morgan fingerprint density at radius 1 is 0.971 bits per heavy atom. The lowest BCUT2D eigenvalue weighted by atomic mass is 10.1. The fourth-order valence-electron chi connectivity index (χ4n) is 3.04. The zero-order chi connectivity index (χ0) is 24.7. The molecule has 0 aromatic heterocycles. The lowest BCUT2D eigenvalue weighted by Crippen LogP contribution is -2.20. The molecule has 0 heterocycles. The van der Waals surface area contributed by atoms with Crippen LogP contribution >= 0.6 is 31.9 Å². The first-order chi connectivity index (χ1) is 16.2. The van der Waals surface area contributed by atoms with Gasteiger partial charge in [0.2, 0.25) is 0 Å². The Hall–Kier alpha value is -3.41. The lowest BCUT2D eigenvalue weighted by molar-refractivity contribution is -0.118. The number of benzene rings is 3. The summed E-state index contributed by atoms with van der Waals surface area (Å²) >= 11 is 6.84. The van der Waals surface area contributed by atoms with E-state index in [0.29, 0.717) is 31.6 Å². The lowest BCUT2D eigenvalue weighted by Gasteiger charge is -2.13. The van der Waals surface area contributed by atoms with Gasteiger partial charge >= 0.3 is 0 Å². The van der Waals surface area contributed by atoms with Crippen molar-refractivity contribution in [1.82, 2.24) is 0 Å². The molecule has 0 radical (unpaired) electrons. The second kappa shape index (κ2) is 11.6. The molecule has 0 atom stereocenters. The molecule has 0 fully saturated rings. The molecule has 3 aromatic carbocycles. The van der Waals surface area contributed by atoms with Crippen LogP contribution in [0.4, 0.5) is 11.4 Å². The molecule has 8 heteroatoms. The van der Waals surface area contributed by atoms with Gasteiger partial charge in [0.1, 0.15) is 17.4 Å². The number of nitriles is 1. The molecule has 0 saturated carbocycles. The van der Waals surface area contributed by atoms with Crippen LogP contribution in [0.3, 0.4) is 0 Å². The molecule has 0 aliphatic carbocycles. The molecule has 0 bridgehead atoms. The zero-order valence-corrected chi connectivity index (χ0v) is 21.7. The van der Waals surface area contributed by atoms with Crippen LogP contribution in [0.2, 0.25) is 0 Å². The number of carbonyl (C=O) groups excluding carboxylic acids is 2. The normalized spacial score (nSPS) is 10.9. The third-order valence-corrected chi connectivity index (χ3v) is 5.71. The van der Waals surface area contributed by atoms with Gasteiger partial charge in [-0.3, -0.25) is 9.59 Å². The maximum Gasteiger partial charge on any atom is 0.266 e. The predicted molar refractivity (Wildman–Crippen MR) is 141 cm³/mol. The van der Waals surface area contributed by atoms with E-state index in [1.54, 1.807) is 18.2 Å². The summed E-state index contributed by atoms with van der Waals surface area (Å²) < 4.78 is 7.04. The Labute approximate surface area is 214 Å². The van der Waals surface area contributed by atoms with Gasteiger partial charge in [-0.2, -0.15) is 5.26 Å². The fraction of sp³-hybridized carbons (Fsp3) is 0.115. The molecule has 3 aromatic rings. The van der Waals surface area contributed by atoms with Crippen LogP contribution in [0, 0.1) is 25.2 Å². The van der Waals surface area contributed by atoms with Crippen molar-refractivity contribution in [2.24, 2.45) is 0 Å². The Morgan fingerprint density at radius 3 is 2.38 bits per heavy atom. The van der Waals surface area contributed by atoms with Gasteiger partial charge in [0.25, 0.3) is 11.8 Å². The molecule has 2 amide bonds. The summed E-state index contributed by atoms with van der Waals surface area (Å²) in [6.45, 7) is 3.62. The molecule has 34 heavy (non-hydrogen) atoms. The van der Waals surface area contributed by atoms with Crippen molar-refractivity contribution in [3.8, 4) is 11.8 Å². The Kier molecular flexibility index (Phi) is 8.63. The number of hydrogen-bond acceptors (Lipinski definition) is 4. The third kappa shape index (κ3) is 7.04.